The fraction of sp³-hybridized carbons (Fsp3) is 0.395. The number of likely N-dealkylation sites (N-methyl/N-ethyl adjacent to an activating group) is 1. The number of rotatable bonds is 9. The van der Waals surface area contributed by atoms with E-state index in [-0.39, 0.29) is 6.41 Å². The highest BCUT2D eigenvalue weighted by Gasteiger charge is 2.22. The number of benzene rings is 3. The fourth-order valence-electron chi connectivity index (χ4n) is 4.37. The summed E-state index contributed by atoms with van der Waals surface area (Å²) in [6.45, 7) is 24.3. The summed E-state index contributed by atoms with van der Waals surface area (Å²) in [6, 6.07) is 23.1. The minimum atomic E-state index is 0.250. The van der Waals surface area contributed by atoms with Gasteiger partial charge >= 0.3 is 0 Å². The maximum absolute atomic E-state index is 8.58. The van der Waals surface area contributed by atoms with Crippen LogP contribution in [0.4, 0.5) is 5.69 Å². The van der Waals surface area contributed by atoms with Gasteiger partial charge in [0, 0.05) is 55.1 Å². The number of aryl methyl sites for hydroxylation is 3. The Morgan fingerprint density at radius 1 is 1.06 bits per heavy atom. The summed E-state index contributed by atoms with van der Waals surface area (Å²) in [6.07, 6.45) is 1.48. The van der Waals surface area contributed by atoms with E-state index in [1.165, 1.54) is 23.1 Å². The molecule has 262 valence electrons. The Morgan fingerprint density at radius 3 is 2.10 bits per heavy atom. The third-order valence-corrected chi connectivity index (χ3v) is 7.28. The van der Waals surface area contributed by atoms with Crippen molar-refractivity contribution in [3.05, 3.63) is 112 Å². The molecule has 0 bridgehead atoms. The topological polar surface area (TPSA) is 113 Å². The predicted molar refractivity (Wildman–Crippen MR) is 202 cm³/mol. The van der Waals surface area contributed by atoms with Gasteiger partial charge in [-0.05, 0) is 61.7 Å². The van der Waals surface area contributed by atoms with Gasteiger partial charge < -0.3 is 25.9 Å². The van der Waals surface area contributed by atoms with Crippen LogP contribution < -0.4 is 16.4 Å². The van der Waals surface area contributed by atoms with Gasteiger partial charge in [-0.25, -0.2) is 5.01 Å². The number of nitrogens with two attached hydrogens (primary N) is 1. The summed E-state index contributed by atoms with van der Waals surface area (Å²) in [5.74, 6) is 1.16. The van der Waals surface area contributed by atoms with Crippen molar-refractivity contribution in [3.63, 3.8) is 0 Å². The van der Waals surface area contributed by atoms with E-state index in [1.54, 1.807) is 6.92 Å². The van der Waals surface area contributed by atoms with E-state index < -0.39 is 0 Å². The molecular formula is C38H56ClN7O2. The fourth-order valence-corrected chi connectivity index (χ4v) is 4.50. The van der Waals surface area contributed by atoms with Gasteiger partial charge in [0.05, 0.1) is 6.54 Å². The molecule has 5 rings (SSSR count). The molecule has 0 aliphatic carbocycles. The maximum atomic E-state index is 8.58. The molecule has 0 unspecified atom stereocenters. The number of halogens is 1. The second-order valence-electron chi connectivity index (χ2n) is 11.2. The minimum absolute atomic E-state index is 0.250. The van der Waals surface area contributed by atoms with Gasteiger partial charge in [-0.3, -0.25) is 4.79 Å². The number of aromatic nitrogens is 2. The molecule has 4 N–H and O–H groups in total. The number of fused-ring (bicyclic) bond motifs is 1. The lowest BCUT2D eigenvalue weighted by molar-refractivity contribution is -0.106. The Bertz CT molecular complexity index is 1440. The number of amides is 1. The molecule has 4 aromatic rings. The number of hydrogen-bond acceptors (Lipinski definition) is 8. The number of carbonyl (C=O) groups excluding carboxylic acids is 1. The number of hydrazine groups is 1. The van der Waals surface area contributed by atoms with E-state index in [1.807, 2.05) is 51.1 Å². The first-order valence-electron chi connectivity index (χ1n) is 16.5. The van der Waals surface area contributed by atoms with E-state index in [0.29, 0.717) is 24.3 Å². The van der Waals surface area contributed by atoms with Crippen LogP contribution in [0.2, 0.25) is 5.02 Å². The van der Waals surface area contributed by atoms with Crippen molar-refractivity contribution in [3.8, 4) is 11.4 Å². The zero-order chi connectivity index (χ0) is 36.1. The molecule has 9 nitrogen and oxygen atoms in total. The molecule has 1 aliphatic heterocycles. The zero-order valence-electron chi connectivity index (χ0n) is 30.3. The van der Waals surface area contributed by atoms with Crippen LogP contribution in [0.25, 0.3) is 11.4 Å². The normalized spacial score (nSPS) is 11.2. The van der Waals surface area contributed by atoms with Crippen LogP contribution in [0.15, 0.2) is 83.5 Å². The zero-order valence-corrected chi connectivity index (χ0v) is 31.1. The third-order valence-electron chi connectivity index (χ3n) is 7.03. The van der Waals surface area contributed by atoms with Gasteiger partial charge in [0.1, 0.15) is 0 Å². The Balaban J connectivity index is 0.000000471. The van der Waals surface area contributed by atoms with E-state index >= 15 is 0 Å². The maximum Gasteiger partial charge on any atom is 0.223 e. The lowest BCUT2D eigenvalue weighted by Crippen LogP contribution is -2.36. The Labute approximate surface area is 293 Å². The van der Waals surface area contributed by atoms with E-state index in [2.05, 4.69) is 114 Å². The quantitative estimate of drug-likeness (QED) is 0.152. The number of hydrogen-bond donors (Lipinski definition) is 3. The van der Waals surface area contributed by atoms with Crippen LogP contribution in [-0.2, 0) is 17.9 Å². The second kappa shape index (κ2) is 23.2. The summed E-state index contributed by atoms with van der Waals surface area (Å²) >= 11 is 5.61. The van der Waals surface area contributed by atoms with Crippen molar-refractivity contribution < 1.29 is 9.32 Å². The van der Waals surface area contributed by atoms with Crippen molar-refractivity contribution in [2.75, 3.05) is 25.5 Å². The first kappa shape index (κ1) is 41.8. The van der Waals surface area contributed by atoms with Crippen LogP contribution in [0.5, 0.6) is 0 Å². The monoisotopic (exact) mass is 677 g/mol. The molecule has 48 heavy (non-hydrogen) atoms. The highest BCUT2D eigenvalue weighted by Crippen LogP contribution is 2.26. The molecule has 0 saturated heterocycles. The summed E-state index contributed by atoms with van der Waals surface area (Å²) < 4.78 is 5.09. The van der Waals surface area contributed by atoms with Crippen LogP contribution in [0.3, 0.4) is 0 Å². The van der Waals surface area contributed by atoms with Crippen LogP contribution in [0.1, 0.15) is 69.2 Å². The lowest BCUT2D eigenvalue weighted by atomic mass is 10.1. The molecule has 0 spiro atoms. The summed E-state index contributed by atoms with van der Waals surface area (Å²) in [5.41, 5.74) is 12.3. The summed E-state index contributed by atoms with van der Waals surface area (Å²) in [4.78, 5) is 12.9. The SMILES string of the molecule is C=C(CNc1cc(-c2noc(C)n2)ccc1C)N(C)N1Cc2ccccc2C1.CC.CCCNC(C)C.Cc1ccc(Cl)cc1.NC=O. The minimum Gasteiger partial charge on any atom is -0.379 e. The van der Waals surface area contributed by atoms with E-state index in [0.717, 1.165) is 47.2 Å². The number of nitrogens with one attached hydrogen (secondary N) is 2. The van der Waals surface area contributed by atoms with Gasteiger partial charge in [0.15, 0.2) is 0 Å². The number of anilines is 1. The van der Waals surface area contributed by atoms with Gasteiger partial charge in [-0.2, -0.15) is 4.98 Å². The van der Waals surface area contributed by atoms with Crippen LogP contribution >= 0.6 is 11.6 Å². The van der Waals surface area contributed by atoms with E-state index in [9.17, 15) is 0 Å². The molecule has 1 aromatic heterocycles. The van der Waals surface area contributed by atoms with Gasteiger partial charge in [-0.1, -0.05) is 112 Å². The molecule has 10 heteroatoms. The van der Waals surface area contributed by atoms with Crippen molar-refractivity contribution in [2.24, 2.45) is 5.73 Å². The molecule has 0 atom stereocenters. The van der Waals surface area contributed by atoms with Crippen molar-refractivity contribution in [1.82, 2.24) is 25.5 Å². The Hall–Kier alpha value is -4.18. The van der Waals surface area contributed by atoms with E-state index in [4.69, 9.17) is 20.9 Å². The highest BCUT2D eigenvalue weighted by atomic mass is 35.5. The van der Waals surface area contributed by atoms with Gasteiger partial charge in [-0.15, -0.1) is 0 Å². The molecule has 0 fully saturated rings. The molecule has 3 aromatic carbocycles. The molecule has 2 heterocycles. The van der Waals surface area contributed by atoms with Crippen LogP contribution in [0, 0.1) is 20.8 Å². The Kier molecular flexibility index (Phi) is 20.2. The number of nitrogens with zero attached hydrogens (tertiary/aromatic N) is 4. The largest absolute Gasteiger partial charge is 0.379 e. The van der Waals surface area contributed by atoms with Crippen molar-refractivity contribution >= 4 is 23.7 Å². The number of primary amides is 1. The predicted octanol–water partition coefficient (Wildman–Crippen LogP) is 8.31. The third kappa shape index (κ3) is 15.2. The molecule has 0 saturated carbocycles. The van der Waals surface area contributed by atoms with Crippen molar-refractivity contribution in [2.45, 2.75) is 80.9 Å². The molecule has 1 amide bonds. The molecule has 0 radical (unpaired) electrons. The first-order chi connectivity index (χ1) is 23.0. The first-order valence-corrected chi connectivity index (χ1v) is 16.9. The summed E-state index contributed by atoms with van der Waals surface area (Å²) in [7, 11) is 2.07. The number of carbonyl (C=O) groups is 1. The smallest absolute Gasteiger partial charge is 0.223 e. The average molecular weight is 678 g/mol. The summed E-state index contributed by atoms with van der Waals surface area (Å²) in [5, 5.41) is 16.1. The highest BCUT2D eigenvalue weighted by molar-refractivity contribution is 6.30. The second-order valence-corrected chi connectivity index (χ2v) is 11.7. The molecule has 1 aliphatic rings. The van der Waals surface area contributed by atoms with Crippen molar-refractivity contribution in [1.29, 1.82) is 0 Å². The van der Waals surface area contributed by atoms with Gasteiger partial charge in [0.2, 0.25) is 18.1 Å². The average Bonchev–Trinajstić information content (AvgIpc) is 3.72. The molecular weight excluding hydrogens is 622 g/mol. The standard InChI is InChI=1S/C22H25N5O.C7H7Cl.C6H15N.C2H6.CH3NO/c1-15-9-10-18(22-24-17(3)28-25-22)11-21(15)23-12-16(2)26(4)27-13-19-7-5-6-8-20(19)14-27;1-6-2-4-7(8)5-3-6;1-4-5-7-6(2)3;1-2;2-1-3/h5-11,23H,2,12-14H2,1,3-4H3;2-5H,1H3;6-7H,4-5H2,1-3H3;1-2H3;1H,(H2,2,3). The lowest BCUT2D eigenvalue weighted by Gasteiger charge is -2.31. The van der Waals surface area contributed by atoms with Gasteiger partial charge in [0.25, 0.3) is 0 Å². The Morgan fingerprint density at radius 2 is 1.65 bits per heavy atom. The van der Waals surface area contributed by atoms with Crippen LogP contribution in [-0.4, -0.2) is 52.7 Å².